The van der Waals surface area contributed by atoms with E-state index in [0.29, 0.717) is 0 Å². The standard InChI is InChI=1S/C23H39N/c1-2-3-4-5-10-17-23(22-15-11-7-12-16-22)18-19-24-20-21-13-8-6-9-14-21/h6,8-9,13-14,22-24H,2-5,7,10-12,15-20H2,1H3. The normalized spacial score (nSPS) is 17.0. The van der Waals surface area contributed by atoms with Gasteiger partial charge >= 0.3 is 0 Å². The van der Waals surface area contributed by atoms with Crippen LogP contribution in [0.4, 0.5) is 0 Å². The maximum Gasteiger partial charge on any atom is 0.0205 e. The first-order chi connectivity index (χ1) is 11.9. The van der Waals surface area contributed by atoms with Crippen LogP contribution in [0.1, 0.15) is 89.5 Å². The van der Waals surface area contributed by atoms with Crippen LogP contribution < -0.4 is 5.32 Å². The minimum absolute atomic E-state index is 0.968. The first-order valence-electron chi connectivity index (χ1n) is 10.6. The molecule has 1 atom stereocenters. The zero-order valence-corrected chi connectivity index (χ0v) is 15.9. The second-order valence-corrected chi connectivity index (χ2v) is 7.81. The van der Waals surface area contributed by atoms with Crippen molar-refractivity contribution >= 4 is 0 Å². The summed E-state index contributed by atoms with van der Waals surface area (Å²) < 4.78 is 0. The molecule has 24 heavy (non-hydrogen) atoms. The van der Waals surface area contributed by atoms with Crippen molar-refractivity contribution in [3.8, 4) is 0 Å². The van der Waals surface area contributed by atoms with Crippen LogP contribution in [-0.2, 0) is 6.54 Å². The van der Waals surface area contributed by atoms with E-state index in [-0.39, 0.29) is 0 Å². The number of rotatable bonds is 12. The van der Waals surface area contributed by atoms with E-state index in [9.17, 15) is 0 Å². The van der Waals surface area contributed by atoms with Crippen LogP contribution in [0.3, 0.4) is 0 Å². The maximum absolute atomic E-state index is 3.68. The number of hydrogen-bond donors (Lipinski definition) is 1. The summed E-state index contributed by atoms with van der Waals surface area (Å²) in [5.41, 5.74) is 1.41. The zero-order chi connectivity index (χ0) is 16.9. The van der Waals surface area contributed by atoms with Gasteiger partial charge in [-0.3, -0.25) is 0 Å². The van der Waals surface area contributed by atoms with Gasteiger partial charge in [-0.05, 0) is 30.4 Å². The fraction of sp³-hybridized carbons (Fsp3) is 0.739. The smallest absolute Gasteiger partial charge is 0.0205 e. The molecule has 0 spiro atoms. The van der Waals surface area contributed by atoms with Gasteiger partial charge in [-0.25, -0.2) is 0 Å². The molecule has 1 aliphatic rings. The molecule has 0 amide bonds. The monoisotopic (exact) mass is 329 g/mol. The van der Waals surface area contributed by atoms with Crippen LogP contribution in [0.2, 0.25) is 0 Å². The molecule has 1 nitrogen and oxygen atoms in total. The molecule has 0 saturated heterocycles. The lowest BCUT2D eigenvalue weighted by molar-refractivity contribution is 0.218. The van der Waals surface area contributed by atoms with E-state index in [1.54, 1.807) is 0 Å². The van der Waals surface area contributed by atoms with Crippen molar-refractivity contribution in [1.29, 1.82) is 0 Å². The van der Waals surface area contributed by atoms with Crippen LogP contribution in [0.5, 0.6) is 0 Å². The Hall–Kier alpha value is -0.820. The van der Waals surface area contributed by atoms with E-state index in [2.05, 4.69) is 42.6 Å². The number of hydrogen-bond acceptors (Lipinski definition) is 1. The van der Waals surface area contributed by atoms with Crippen LogP contribution in [-0.4, -0.2) is 6.54 Å². The Morgan fingerprint density at radius 3 is 2.42 bits per heavy atom. The summed E-state index contributed by atoms with van der Waals surface area (Å²) in [4.78, 5) is 0. The molecule has 0 aliphatic heterocycles. The minimum atomic E-state index is 0.968. The Kier molecular flexibility index (Phi) is 10.2. The Morgan fingerprint density at radius 1 is 0.917 bits per heavy atom. The SMILES string of the molecule is CCCCCCCC(CCNCc1ccccc1)C1CCCCC1. The van der Waals surface area contributed by atoms with E-state index in [1.807, 2.05) is 0 Å². The lowest BCUT2D eigenvalue weighted by Gasteiger charge is -2.30. The van der Waals surface area contributed by atoms with Crippen LogP contribution in [0, 0.1) is 11.8 Å². The fourth-order valence-corrected chi connectivity index (χ4v) is 4.35. The number of unbranched alkanes of at least 4 members (excludes halogenated alkanes) is 4. The zero-order valence-electron chi connectivity index (χ0n) is 15.9. The van der Waals surface area contributed by atoms with Crippen molar-refractivity contribution in [1.82, 2.24) is 5.32 Å². The predicted molar refractivity (Wildman–Crippen MR) is 106 cm³/mol. The highest BCUT2D eigenvalue weighted by Crippen LogP contribution is 2.34. The summed E-state index contributed by atoms with van der Waals surface area (Å²) in [6.45, 7) is 4.52. The van der Waals surface area contributed by atoms with E-state index in [4.69, 9.17) is 0 Å². The summed E-state index contributed by atoms with van der Waals surface area (Å²) >= 11 is 0. The van der Waals surface area contributed by atoms with Crippen molar-refractivity contribution in [3.05, 3.63) is 35.9 Å². The molecule has 2 rings (SSSR count). The van der Waals surface area contributed by atoms with Gasteiger partial charge in [-0.2, -0.15) is 0 Å². The van der Waals surface area contributed by atoms with E-state index in [1.165, 1.54) is 89.2 Å². The molecule has 1 aromatic rings. The van der Waals surface area contributed by atoms with E-state index in [0.717, 1.165) is 18.4 Å². The molecular formula is C23H39N. The molecule has 0 radical (unpaired) electrons. The maximum atomic E-state index is 3.68. The van der Waals surface area contributed by atoms with Gasteiger partial charge in [0.25, 0.3) is 0 Å². The molecule has 1 heteroatoms. The molecule has 0 bridgehead atoms. The highest BCUT2D eigenvalue weighted by atomic mass is 14.8. The average molecular weight is 330 g/mol. The van der Waals surface area contributed by atoms with Gasteiger partial charge in [0, 0.05) is 6.54 Å². The first-order valence-corrected chi connectivity index (χ1v) is 10.6. The third-order valence-corrected chi connectivity index (χ3v) is 5.86. The molecule has 1 saturated carbocycles. The fourth-order valence-electron chi connectivity index (χ4n) is 4.35. The van der Waals surface area contributed by atoms with Crippen molar-refractivity contribution in [3.63, 3.8) is 0 Å². The summed E-state index contributed by atoms with van der Waals surface area (Å²) in [5.74, 6) is 1.98. The summed E-state index contributed by atoms with van der Waals surface area (Å²) in [5, 5.41) is 3.68. The molecule has 1 aliphatic carbocycles. The van der Waals surface area contributed by atoms with E-state index < -0.39 is 0 Å². The molecule has 1 aromatic carbocycles. The van der Waals surface area contributed by atoms with Crippen molar-refractivity contribution in [2.24, 2.45) is 11.8 Å². The van der Waals surface area contributed by atoms with Gasteiger partial charge in [-0.15, -0.1) is 0 Å². The predicted octanol–water partition coefficient (Wildman–Crippen LogP) is 6.72. The van der Waals surface area contributed by atoms with Gasteiger partial charge in [0.1, 0.15) is 0 Å². The number of nitrogens with one attached hydrogen (secondary N) is 1. The topological polar surface area (TPSA) is 12.0 Å². The summed E-state index contributed by atoms with van der Waals surface area (Å²) in [6.07, 6.45) is 17.4. The molecule has 1 unspecified atom stereocenters. The molecule has 1 N–H and O–H groups in total. The Balaban J connectivity index is 1.68. The second-order valence-electron chi connectivity index (χ2n) is 7.81. The van der Waals surface area contributed by atoms with Crippen molar-refractivity contribution < 1.29 is 0 Å². The van der Waals surface area contributed by atoms with Crippen LogP contribution in [0.15, 0.2) is 30.3 Å². The van der Waals surface area contributed by atoms with Gasteiger partial charge in [-0.1, -0.05) is 108 Å². The van der Waals surface area contributed by atoms with Crippen LogP contribution >= 0.6 is 0 Å². The van der Waals surface area contributed by atoms with Gasteiger partial charge < -0.3 is 5.32 Å². The highest BCUT2D eigenvalue weighted by Gasteiger charge is 2.22. The molecule has 0 aromatic heterocycles. The molecular weight excluding hydrogens is 290 g/mol. The van der Waals surface area contributed by atoms with Gasteiger partial charge in [0.2, 0.25) is 0 Å². The molecule has 136 valence electrons. The average Bonchev–Trinajstić information content (AvgIpc) is 2.65. The largest absolute Gasteiger partial charge is 0.313 e. The van der Waals surface area contributed by atoms with Crippen molar-refractivity contribution in [2.45, 2.75) is 90.5 Å². The lowest BCUT2D eigenvalue weighted by Crippen LogP contribution is -2.24. The van der Waals surface area contributed by atoms with Crippen LogP contribution in [0.25, 0.3) is 0 Å². The quantitative estimate of drug-likeness (QED) is 0.419. The Labute approximate surface area is 150 Å². The van der Waals surface area contributed by atoms with E-state index >= 15 is 0 Å². The van der Waals surface area contributed by atoms with Crippen molar-refractivity contribution in [2.75, 3.05) is 6.54 Å². The first kappa shape index (κ1) is 19.5. The Morgan fingerprint density at radius 2 is 1.67 bits per heavy atom. The lowest BCUT2D eigenvalue weighted by atomic mass is 9.76. The summed E-state index contributed by atoms with van der Waals surface area (Å²) in [6, 6.07) is 10.8. The third kappa shape index (κ3) is 7.83. The third-order valence-electron chi connectivity index (χ3n) is 5.86. The van der Waals surface area contributed by atoms with Gasteiger partial charge in [0.05, 0.1) is 0 Å². The second kappa shape index (κ2) is 12.5. The van der Waals surface area contributed by atoms with Gasteiger partial charge in [0.15, 0.2) is 0 Å². The Bertz CT molecular complexity index is 394. The summed E-state index contributed by atoms with van der Waals surface area (Å²) in [7, 11) is 0. The molecule has 0 heterocycles. The molecule has 1 fully saturated rings. The number of benzene rings is 1. The minimum Gasteiger partial charge on any atom is -0.313 e. The highest BCUT2D eigenvalue weighted by molar-refractivity contribution is 5.14.